The molecule has 1 aromatic heterocycles. The van der Waals surface area contributed by atoms with E-state index in [4.69, 9.17) is 4.74 Å². The van der Waals surface area contributed by atoms with E-state index in [1.54, 1.807) is 43.3 Å². The van der Waals surface area contributed by atoms with E-state index in [-0.39, 0.29) is 6.61 Å². The van der Waals surface area contributed by atoms with Gasteiger partial charge in [0.15, 0.2) is 11.9 Å². The van der Waals surface area contributed by atoms with E-state index in [9.17, 15) is 10.0 Å². The van der Waals surface area contributed by atoms with Crippen molar-refractivity contribution in [1.82, 2.24) is 0 Å². The largest absolute Gasteiger partial charge is 0.618 e. The SMILES string of the molecule is Cc1ccc(COC(=O)c2ccccc2)c[n+]1[O-]. The molecule has 0 unspecified atom stereocenters. The molecule has 0 fully saturated rings. The molecule has 0 spiro atoms. The topological polar surface area (TPSA) is 53.2 Å². The van der Waals surface area contributed by atoms with Gasteiger partial charge in [0.05, 0.1) is 11.1 Å². The molecule has 0 aliphatic heterocycles. The molecule has 4 nitrogen and oxygen atoms in total. The number of carbonyl (C=O) groups is 1. The lowest BCUT2D eigenvalue weighted by molar-refractivity contribution is -0.612. The summed E-state index contributed by atoms with van der Waals surface area (Å²) in [4.78, 5) is 11.7. The van der Waals surface area contributed by atoms with E-state index in [0.717, 1.165) is 4.73 Å². The van der Waals surface area contributed by atoms with E-state index in [1.807, 2.05) is 6.07 Å². The van der Waals surface area contributed by atoms with E-state index in [0.29, 0.717) is 16.8 Å². The smallest absolute Gasteiger partial charge is 0.338 e. The zero-order chi connectivity index (χ0) is 13.0. The average molecular weight is 243 g/mol. The van der Waals surface area contributed by atoms with Crippen LogP contribution in [0.2, 0.25) is 0 Å². The lowest BCUT2D eigenvalue weighted by Gasteiger charge is -2.05. The highest BCUT2D eigenvalue weighted by atomic mass is 16.5. The molecule has 1 heterocycles. The summed E-state index contributed by atoms with van der Waals surface area (Å²) in [5.41, 5.74) is 1.77. The maximum absolute atomic E-state index is 11.7. The van der Waals surface area contributed by atoms with Crippen LogP contribution in [0, 0.1) is 12.1 Å². The van der Waals surface area contributed by atoms with Gasteiger partial charge in [0.25, 0.3) is 0 Å². The van der Waals surface area contributed by atoms with Crippen LogP contribution in [-0.4, -0.2) is 5.97 Å². The summed E-state index contributed by atoms with van der Waals surface area (Å²) in [6.45, 7) is 1.81. The van der Waals surface area contributed by atoms with Crippen molar-refractivity contribution in [1.29, 1.82) is 0 Å². The number of pyridine rings is 1. The molecule has 0 aliphatic carbocycles. The Morgan fingerprint density at radius 3 is 2.61 bits per heavy atom. The molecule has 0 atom stereocenters. The number of aryl methyl sites for hydroxylation is 1. The van der Waals surface area contributed by atoms with Gasteiger partial charge in [-0.3, -0.25) is 0 Å². The second-order valence-corrected chi connectivity index (χ2v) is 3.95. The number of ether oxygens (including phenoxy) is 1. The Kier molecular flexibility index (Phi) is 3.57. The number of rotatable bonds is 3. The summed E-state index contributed by atoms with van der Waals surface area (Å²) in [5, 5.41) is 11.3. The molecule has 0 saturated heterocycles. The van der Waals surface area contributed by atoms with Crippen molar-refractivity contribution in [3.05, 3.63) is 70.7 Å². The summed E-state index contributed by atoms with van der Waals surface area (Å²) < 4.78 is 5.87. The van der Waals surface area contributed by atoms with Crippen molar-refractivity contribution < 1.29 is 14.3 Å². The van der Waals surface area contributed by atoms with Gasteiger partial charge in [-0.05, 0) is 18.2 Å². The Bertz CT molecular complexity index is 552. The van der Waals surface area contributed by atoms with Crippen LogP contribution in [0.5, 0.6) is 0 Å². The maximum Gasteiger partial charge on any atom is 0.338 e. The Morgan fingerprint density at radius 1 is 1.22 bits per heavy atom. The zero-order valence-electron chi connectivity index (χ0n) is 10.00. The van der Waals surface area contributed by atoms with Crippen LogP contribution in [0.25, 0.3) is 0 Å². The van der Waals surface area contributed by atoms with Crippen LogP contribution in [0.4, 0.5) is 0 Å². The maximum atomic E-state index is 11.7. The standard InChI is InChI=1S/C14H13NO3/c1-11-7-8-12(9-15(11)17)10-18-14(16)13-5-3-2-4-6-13/h2-9H,10H2,1H3. The minimum atomic E-state index is -0.395. The van der Waals surface area contributed by atoms with Crippen molar-refractivity contribution in [3.63, 3.8) is 0 Å². The number of nitrogens with zero attached hydrogens (tertiary/aromatic N) is 1. The van der Waals surface area contributed by atoms with E-state index in [1.165, 1.54) is 6.20 Å². The van der Waals surface area contributed by atoms with Crippen molar-refractivity contribution in [2.45, 2.75) is 13.5 Å². The van der Waals surface area contributed by atoms with Crippen LogP contribution in [0.1, 0.15) is 21.6 Å². The van der Waals surface area contributed by atoms with Crippen molar-refractivity contribution in [2.24, 2.45) is 0 Å². The quantitative estimate of drug-likeness (QED) is 0.470. The number of aromatic nitrogens is 1. The highest BCUT2D eigenvalue weighted by Crippen LogP contribution is 2.05. The molecule has 0 radical (unpaired) electrons. The van der Waals surface area contributed by atoms with E-state index in [2.05, 4.69) is 0 Å². The molecule has 0 amide bonds. The Balaban J connectivity index is 1.99. The molecule has 4 heteroatoms. The molecule has 2 aromatic rings. The third-order valence-electron chi connectivity index (χ3n) is 2.55. The first kappa shape index (κ1) is 12.1. The van der Waals surface area contributed by atoms with Gasteiger partial charge in [0.2, 0.25) is 0 Å². The molecular weight excluding hydrogens is 230 g/mol. The molecule has 0 saturated carbocycles. The summed E-state index contributed by atoms with van der Waals surface area (Å²) in [7, 11) is 0. The van der Waals surface area contributed by atoms with E-state index >= 15 is 0 Å². The van der Waals surface area contributed by atoms with Crippen LogP contribution < -0.4 is 4.73 Å². The first-order valence-corrected chi connectivity index (χ1v) is 5.57. The summed E-state index contributed by atoms with van der Waals surface area (Å²) in [6, 6.07) is 12.2. The Morgan fingerprint density at radius 2 is 1.94 bits per heavy atom. The monoisotopic (exact) mass is 243 g/mol. The predicted molar refractivity (Wildman–Crippen MR) is 65.7 cm³/mol. The van der Waals surface area contributed by atoms with Gasteiger partial charge in [-0.25, -0.2) is 4.79 Å². The normalized spacial score (nSPS) is 10.1. The first-order chi connectivity index (χ1) is 8.66. The fourth-order valence-electron chi connectivity index (χ4n) is 1.49. The summed E-state index contributed by atoms with van der Waals surface area (Å²) >= 11 is 0. The molecule has 0 aliphatic rings. The lowest BCUT2D eigenvalue weighted by Crippen LogP contribution is -2.29. The molecule has 0 N–H and O–H groups in total. The fourth-order valence-corrected chi connectivity index (χ4v) is 1.49. The molecule has 92 valence electrons. The van der Waals surface area contributed by atoms with Gasteiger partial charge >= 0.3 is 5.97 Å². The molecule has 0 bridgehead atoms. The highest BCUT2D eigenvalue weighted by Gasteiger charge is 2.08. The van der Waals surface area contributed by atoms with Crippen LogP contribution in [0.15, 0.2) is 48.7 Å². The second kappa shape index (κ2) is 5.31. The fraction of sp³-hybridized carbons (Fsp3) is 0.143. The van der Waals surface area contributed by atoms with Gasteiger partial charge in [-0.15, -0.1) is 0 Å². The molecule has 2 rings (SSSR count). The Hall–Kier alpha value is -2.36. The van der Waals surface area contributed by atoms with Crippen LogP contribution in [0.3, 0.4) is 0 Å². The van der Waals surface area contributed by atoms with Gasteiger partial charge < -0.3 is 9.94 Å². The minimum absolute atomic E-state index is 0.0935. The van der Waals surface area contributed by atoms with Crippen molar-refractivity contribution in [2.75, 3.05) is 0 Å². The third-order valence-corrected chi connectivity index (χ3v) is 2.55. The van der Waals surface area contributed by atoms with Crippen LogP contribution in [-0.2, 0) is 11.3 Å². The number of esters is 1. The third kappa shape index (κ3) is 2.85. The Labute approximate surface area is 105 Å². The molecule has 18 heavy (non-hydrogen) atoms. The molecular formula is C14H13NO3. The number of carbonyl (C=O) groups excluding carboxylic acids is 1. The van der Waals surface area contributed by atoms with Crippen molar-refractivity contribution >= 4 is 5.97 Å². The first-order valence-electron chi connectivity index (χ1n) is 5.57. The predicted octanol–water partition coefficient (Wildman–Crippen LogP) is 1.99. The minimum Gasteiger partial charge on any atom is -0.618 e. The zero-order valence-corrected chi connectivity index (χ0v) is 10.00. The van der Waals surface area contributed by atoms with Gasteiger partial charge in [0, 0.05) is 13.0 Å². The summed E-state index contributed by atoms with van der Waals surface area (Å²) in [6.07, 6.45) is 1.41. The van der Waals surface area contributed by atoms with Crippen molar-refractivity contribution in [3.8, 4) is 0 Å². The number of benzene rings is 1. The van der Waals surface area contributed by atoms with Gasteiger partial charge in [0.1, 0.15) is 6.61 Å². The molecule has 1 aromatic carbocycles. The van der Waals surface area contributed by atoms with Gasteiger partial charge in [-0.2, -0.15) is 4.73 Å². The number of hydrogen-bond donors (Lipinski definition) is 0. The summed E-state index contributed by atoms with van der Waals surface area (Å²) in [5.74, 6) is -0.395. The second-order valence-electron chi connectivity index (χ2n) is 3.95. The average Bonchev–Trinajstić information content (AvgIpc) is 2.41. The van der Waals surface area contributed by atoms with Crippen LogP contribution >= 0.6 is 0 Å². The van der Waals surface area contributed by atoms with Gasteiger partial charge in [-0.1, -0.05) is 18.2 Å². The number of hydrogen-bond acceptors (Lipinski definition) is 3. The lowest BCUT2D eigenvalue weighted by atomic mass is 10.2. The van der Waals surface area contributed by atoms with E-state index < -0.39 is 5.97 Å². The highest BCUT2D eigenvalue weighted by molar-refractivity contribution is 5.89.